The average Bonchev–Trinajstić information content (AvgIpc) is 2.62. The Balaban J connectivity index is 2.22. The zero-order valence-electron chi connectivity index (χ0n) is 14.0. The summed E-state index contributed by atoms with van der Waals surface area (Å²) < 4.78 is 8.57. The first kappa shape index (κ1) is 18.3. The Morgan fingerprint density at radius 2 is 1.36 bits per heavy atom. The van der Waals surface area contributed by atoms with Crippen molar-refractivity contribution >= 4 is 0 Å². The van der Waals surface area contributed by atoms with E-state index in [4.69, 9.17) is 4.74 Å². The zero-order chi connectivity index (χ0) is 18.2. The Bertz CT molecular complexity index is 858. The largest absolute Gasteiger partial charge is 0.494 e. The summed E-state index contributed by atoms with van der Waals surface area (Å²) in [6.07, 6.45) is 3.33. The van der Waals surface area contributed by atoms with E-state index >= 15 is 0 Å². The standard InChI is InChI=1S/C18H21N3O4/c1-3-11-19-16(22)20(12-4-2)18(24)21(17(19)23)13-8-14-25-15-9-6-5-7-10-15/h3-7,9-10H,1-2,8,11-14H2. The highest BCUT2D eigenvalue weighted by Gasteiger charge is 2.13. The van der Waals surface area contributed by atoms with Crippen molar-refractivity contribution in [2.45, 2.75) is 26.1 Å². The van der Waals surface area contributed by atoms with Crippen LogP contribution in [0.5, 0.6) is 5.75 Å². The van der Waals surface area contributed by atoms with E-state index in [0.29, 0.717) is 13.0 Å². The molecule has 1 heterocycles. The molecule has 0 N–H and O–H groups in total. The second kappa shape index (κ2) is 8.68. The molecule has 0 aliphatic rings. The quantitative estimate of drug-likeness (QED) is 0.503. The molecule has 0 saturated carbocycles. The minimum absolute atomic E-state index is 0.0373. The summed E-state index contributed by atoms with van der Waals surface area (Å²) in [5, 5.41) is 0. The van der Waals surface area contributed by atoms with Crippen LogP contribution in [-0.2, 0) is 19.6 Å². The summed E-state index contributed by atoms with van der Waals surface area (Å²) >= 11 is 0. The molecule has 2 rings (SSSR count). The van der Waals surface area contributed by atoms with Crippen molar-refractivity contribution < 1.29 is 4.74 Å². The van der Waals surface area contributed by atoms with Gasteiger partial charge in [-0.3, -0.25) is 0 Å². The van der Waals surface area contributed by atoms with Gasteiger partial charge in [0.25, 0.3) is 0 Å². The topological polar surface area (TPSA) is 75.2 Å². The SMILES string of the molecule is C=CCn1c(=O)n(CC=C)c(=O)n(CCCOc2ccccc2)c1=O. The van der Waals surface area contributed by atoms with E-state index < -0.39 is 17.1 Å². The lowest BCUT2D eigenvalue weighted by molar-refractivity contribution is 0.296. The molecule has 0 fully saturated rings. The molecule has 0 amide bonds. The second-order valence-electron chi connectivity index (χ2n) is 5.31. The molecule has 2 aromatic rings. The van der Waals surface area contributed by atoms with E-state index in [9.17, 15) is 14.4 Å². The average molecular weight is 343 g/mol. The predicted octanol–water partition coefficient (Wildman–Crippen LogP) is 1.01. The highest BCUT2D eigenvalue weighted by atomic mass is 16.5. The van der Waals surface area contributed by atoms with Crippen LogP contribution >= 0.6 is 0 Å². The van der Waals surface area contributed by atoms with E-state index in [2.05, 4.69) is 13.2 Å². The van der Waals surface area contributed by atoms with Crippen LogP contribution in [0, 0.1) is 0 Å². The lowest BCUT2D eigenvalue weighted by Crippen LogP contribution is -2.54. The fourth-order valence-electron chi connectivity index (χ4n) is 2.37. The highest BCUT2D eigenvalue weighted by Crippen LogP contribution is 2.08. The molecule has 25 heavy (non-hydrogen) atoms. The van der Waals surface area contributed by atoms with Gasteiger partial charge < -0.3 is 4.74 Å². The van der Waals surface area contributed by atoms with Gasteiger partial charge >= 0.3 is 17.1 Å². The van der Waals surface area contributed by atoms with Crippen LogP contribution in [-0.4, -0.2) is 20.3 Å². The van der Waals surface area contributed by atoms with Gasteiger partial charge in [-0.25, -0.2) is 28.1 Å². The van der Waals surface area contributed by atoms with Crippen molar-refractivity contribution in [3.05, 3.63) is 87.1 Å². The van der Waals surface area contributed by atoms with E-state index in [0.717, 1.165) is 19.5 Å². The van der Waals surface area contributed by atoms with Crippen LogP contribution in [0.25, 0.3) is 0 Å². The molecule has 0 saturated heterocycles. The lowest BCUT2D eigenvalue weighted by atomic mass is 10.3. The summed E-state index contributed by atoms with van der Waals surface area (Å²) in [5.41, 5.74) is -1.95. The Hall–Kier alpha value is -3.09. The fraction of sp³-hybridized carbons (Fsp3) is 0.278. The second-order valence-corrected chi connectivity index (χ2v) is 5.31. The van der Waals surface area contributed by atoms with Crippen molar-refractivity contribution in [1.82, 2.24) is 13.7 Å². The summed E-state index contributed by atoms with van der Waals surface area (Å²) in [6.45, 7) is 7.65. The third-order valence-corrected chi connectivity index (χ3v) is 3.55. The number of allylic oxidation sites excluding steroid dienone is 2. The van der Waals surface area contributed by atoms with Gasteiger partial charge in [-0.15, -0.1) is 13.2 Å². The highest BCUT2D eigenvalue weighted by molar-refractivity contribution is 5.20. The van der Waals surface area contributed by atoms with Crippen LogP contribution in [0.15, 0.2) is 70.0 Å². The van der Waals surface area contributed by atoms with E-state index in [1.54, 1.807) is 0 Å². The minimum atomic E-state index is -0.661. The van der Waals surface area contributed by atoms with Crippen molar-refractivity contribution in [3.8, 4) is 5.75 Å². The van der Waals surface area contributed by atoms with Crippen LogP contribution < -0.4 is 21.8 Å². The Morgan fingerprint density at radius 1 is 0.840 bits per heavy atom. The molecule has 1 aromatic carbocycles. The number of rotatable bonds is 9. The molecule has 0 spiro atoms. The first-order chi connectivity index (χ1) is 12.1. The number of nitrogens with zero attached hydrogens (tertiary/aromatic N) is 3. The van der Waals surface area contributed by atoms with Crippen molar-refractivity contribution in [2.24, 2.45) is 0 Å². The van der Waals surface area contributed by atoms with Crippen molar-refractivity contribution in [3.63, 3.8) is 0 Å². The van der Waals surface area contributed by atoms with Gasteiger partial charge in [0.05, 0.1) is 19.7 Å². The first-order valence-electron chi connectivity index (χ1n) is 7.94. The monoisotopic (exact) mass is 343 g/mol. The zero-order valence-corrected chi connectivity index (χ0v) is 14.0. The maximum absolute atomic E-state index is 12.4. The summed E-state index contributed by atoms with van der Waals surface area (Å²) in [7, 11) is 0. The molecule has 0 aliphatic carbocycles. The molecular formula is C18H21N3O4. The van der Waals surface area contributed by atoms with E-state index in [1.165, 1.54) is 12.2 Å². The minimum Gasteiger partial charge on any atom is -0.494 e. The molecule has 1 aromatic heterocycles. The predicted molar refractivity (Wildman–Crippen MR) is 96.2 cm³/mol. The fourth-order valence-corrected chi connectivity index (χ4v) is 2.37. The summed E-state index contributed by atoms with van der Waals surface area (Å²) in [5.74, 6) is 0.718. The van der Waals surface area contributed by atoms with Gasteiger partial charge in [-0.2, -0.15) is 0 Å². The van der Waals surface area contributed by atoms with Gasteiger partial charge in [0, 0.05) is 6.54 Å². The first-order valence-corrected chi connectivity index (χ1v) is 7.94. The van der Waals surface area contributed by atoms with Gasteiger partial charge in [-0.1, -0.05) is 30.4 Å². The molecular weight excluding hydrogens is 322 g/mol. The van der Waals surface area contributed by atoms with Crippen molar-refractivity contribution in [2.75, 3.05) is 6.61 Å². The number of benzene rings is 1. The Kier molecular flexibility index (Phi) is 6.33. The maximum Gasteiger partial charge on any atom is 0.336 e. The third-order valence-electron chi connectivity index (χ3n) is 3.55. The molecule has 0 radical (unpaired) electrons. The van der Waals surface area contributed by atoms with E-state index in [-0.39, 0.29) is 19.6 Å². The number of ether oxygens (including phenoxy) is 1. The smallest absolute Gasteiger partial charge is 0.336 e. The van der Waals surface area contributed by atoms with E-state index in [1.807, 2.05) is 30.3 Å². The Labute approximate surface area is 144 Å². The van der Waals surface area contributed by atoms with Crippen LogP contribution in [0.1, 0.15) is 6.42 Å². The third kappa shape index (κ3) is 4.26. The normalized spacial score (nSPS) is 10.4. The molecule has 0 atom stereocenters. The van der Waals surface area contributed by atoms with Gasteiger partial charge in [-0.05, 0) is 18.6 Å². The van der Waals surface area contributed by atoms with Gasteiger partial charge in [0.15, 0.2) is 0 Å². The lowest BCUT2D eigenvalue weighted by Gasteiger charge is -2.12. The number of hydrogen-bond donors (Lipinski definition) is 0. The maximum atomic E-state index is 12.4. The summed E-state index contributed by atoms with van der Waals surface area (Å²) in [4.78, 5) is 37.1. The Morgan fingerprint density at radius 3 is 1.88 bits per heavy atom. The molecule has 0 aliphatic heterocycles. The van der Waals surface area contributed by atoms with Crippen LogP contribution in [0.3, 0.4) is 0 Å². The number of para-hydroxylation sites is 1. The number of aromatic nitrogens is 3. The molecule has 7 nitrogen and oxygen atoms in total. The summed E-state index contributed by atoms with van der Waals surface area (Å²) in [6, 6.07) is 9.26. The van der Waals surface area contributed by atoms with Gasteiger partial charge in [0.1, 0.15) is 5.75 Å². The molecule has 132 valence electrons. The van der Waals surface area contributed by atoms with Gasteiger partial charge in [0.2, 0.25) is 0 Å². The van der Waals surface area contributed by atoms with Crippen molar-refractivity contribution in [1.29, 1.82) is 0 Å². The molecule has 0 unspecified atom stereocenters. The molecule has 0 bridgehead atoms. The van der Waals surface area contributed by atoms with Crippen LogP contribution in [0.2, 0.25) is 0 Å². The van der Waals surface area contributed by atoms with Crippen LogP contribution in [0.4, 0.5) is 0 Å². The molecule has 7 heteroatoms. The number of hydrogen-bond acceptors (Lipinski definition) is 4.